The van der Waals surface area contributed by atoms with E-state index in [9.17, 15) is 9.59 Å². The summed E-state index contributed by atoms with van der Waals surface area (Å²) in [5.74, 6) is 0.908. The maximum absolute atomic E-state index is 13.9. The van der Waals surface area contributed by atoms with Crippen molar-refractivity contribution in [1.29, 1.82) is 0 Å². The van der Waals surface area contributed by atoms with Crippen LogP contribution in [-0.2, 0) is 9.53 Å². The number of hydrogen-bond donors (Lipinski definition) is 0. The van der Waals surface area contributed by atoms with Crippen LogP contribution in [0.15, 0.2) is 57.5 Å². The Kier molecular flexibility index (Phi) is 8.79. The number of aromatic nitrogens is 1. The zero-order valence-electron chi connectivity index (χ0n) is 21.0. The van der Waals surface area contributed by atoms with E-state index < -0.39 is 12.0 Å². The summed E-state index contributed by atoms with van der Waals surface area (Å²) in [6.07, 6.45) is 1.76. The predicted octanol–water partition coefficient (Wildman–Crippen LogP) is 4.80. The van der Waals surface area contributed by atoms with Gasteiger partial charge in [0.1, 0.15) is 17.5 Å². The van der Waals surface area contributed by atoms with Crippen LogP contribution in [0.25, 0.3) is 6.08 Å². The van der Waals surface area contributed by atoms with Crippen molar-refractivity contribution in [3.63, 3.8) is 0 Å². The van der Waals surface area contributed by atoms with E-state index in [0.717, 1.165) is 18.5 Å². The number of carbonyl (C=O) groups excluding carboxylic acids is 1. The van der Waals surface area contributed by atoms with Crippen molar-refractivity contribution in [2.24, 2.45) is 4.99 Å². The van der Waals surface area contributed by atoms with Crippen molar-refractivity contribution >= 4 is 68.6 Å². The lowest BCUT2D eigenvalue weighted by atomic mass is 9.95. The number of hydrogen-bond acceptors (Lipinski definition) is 7. The second-order valence-electron chi connectivity index (χ2n) is 8.52. The van der Waals surface area contributed by atoms with Crippen LogP contribution in [0.4, 0.5) is 0 Å². The predicted molar refractivity (Wildman–Crippen MR) is 161 cm³/mol. The highest BCUT2D eigenvalue weighted by molar-refractivity contribution is 14.1. The van der Waals surface area contributed by atoms with Crippen LogP contribution in [0.1, 0.15) is 44.9 Å². The van der Waals surface area contributed by atoms with Gasteiger partial charge in [-0.1, -0.05) is 29.5 Å². The van der Waals surface area contributed by atoms with E-state index in [0.29, 0.717) is 31.9 Å². The van der Waals surface area contributed by atoms with Crippen molar-refractivity contribution in [2.45, 2.75) is 39.8 Å². The van der Waals surface area contributed by atoms with Crippen molar-refractivity contribution in [2.75, 3.05) is 13.7 Å². The number of fused-ring (bicyclic) bond motifs is 1. The van der Waals surface area contributed by atoms with Gasteiger partial charge >= 0.3 is 5.97 Å². The zero-order chi connectivity index (χ0) is 26.9. The Bertz CT molecular complexity index is 1550. The Morgan fingerprint density at radius 1 is 1.22 bits per heavy atom. The Labute approximate surface area is 246 Å². The molecule has 4 rings (SSSR count). The second kappa shape index (κ2) is 11.7. The van der Waals surface area contributed by atoms with Crippen LogP contribution in [0.3, 0.4) is 0 Å². The quantitative estimate of drug-likeness (QED) is 0.257. The number of methoxy groups -OCH3 is 1. The van der Waals surface area contributed by atoms with Gasteiger partial charge in [-0.25, -0.2) is 9.79 Å². The molecular formula is C27H26I2N2O5S. The van der Waals surface area contributed by atoms with Crippen molar-refractivity contribution in [3.05, 3.63) is 85.6 Å². The molecule has 10 heteroatoms. The fraction of sp³-hybridized carbons (Fsp3) is 0.296. The number of esters is 1. The molecule has 0 bridgehead atoms. The van der Waals surface area contributed by atoms with Gasteiger partial charge in [0, 0.05) is 5.56 Å². The lowest BCUT2D eigenvalue weighted by molar-refractivity contribution is -0.139. The van der Waals surface area contributed by atoms with E-state index in [4.69, 9.17) is 14.2 Å². The minimum atomic E-state index is -0.733. The minimum absolute atomic E-state index is 0.0897. The summed E-state index contributed by atoms with van der Waals surface area (Å²) in [6, 6.07) is 10.7. The Morgan fingerprint density at radius 2 is 1.89 bits per heavy atom. The fourth-order valence-electron chi connectivity index (χ4n) is 4.16. The van der Waals surface area contributed by atoms with Crippen molar-refractivity contribution in [1.82, 2.24) is 4.57 Å². The molecule has 0 radical (unpaired) electrons. The van der Waals surface area contributed by atoms with Gasteiger partial charge in [0.25, 0.3) is 5.56 Å². The summed E-state index contributed by atoms with van der Waals surface area (Å²) < 4.78 is 21.0. The van der Waals surface area contributed by atoms with E-state index in [-0.39, 0.29) is 18.3 Å². The molecule has 3 aromatic rings. The molecular weight excluding hydrogens is 718 g/mol. The van der Waals surface area contributed by atoms with E-state index >= 15 is 0 Å². The third-order valence-corrected chi connectivity index (χ3v) is 8.20. The van der Waals surface area contributed by atoms with Gasteiger partial charge in [-0.05, 0) is 103 Å². The van der Waals surface area contributed by atoms with Gasteiger partial charge in [0.2, 0.25) is 0 Å². The first-order valence-electron chi connectivity index (χ1n) is 11.6. The van der Waals surface area contributed by atoms with Gasteiger partial charge in [-0.3, -0.25) is 9.36 Å². The first-order chi connectivity index (χ1) is 17.7. The number of halogens is 2. The number of rotatable bonds is 7. The first-order valence-corrected chi connectivity index (χ1v) is 14.6. The molecule has 0 N–H and O–H groups in total. The number of carbonyl (C=O) groups is 1. The normalized spacial score (nSPS) is 15.5. The van der Waals surface area contributed by atoms with Gasteiger partial charge in [-0.15, -0.1) is 0 Å². The Balaban J connectivity index is 1.97. The molecule has 2 heterocycles. The van der Waals surface area contributed by atoms with Crippen LogP contribution in [0, 0.1) is 7.14 Å². The molecule has 7 nitrogen and oxygen atoms in total. The van der Waals surface area contributed by atoms with Gasteiger partial charge in [0.15, 0.2) is 4.80 Å². The molecule has 0 saturated carbocycles. The monoisotopic (exact) mass is 744 g/mol. The Morgan fingerprint density at radius 3 is 2.51 bits per heavy atom. The molecule has 1 aliphatic heterocycles. The van der Waals surface area contributed by atoms with E-state index in [1.54, 1.807) is 25.5 Å². The third kappa shape index (κ3) is 5.65. The molecule has 194 valence electrons. The lowest BCUT2D eigenvalue weighted by Crippen LogP contribution is -2.40. The SMILES string of the molecule is CCOC(=O)C1=C(C)N=c2s/c(=C/c3cc(I)c(OC)c(I)c3)c(=O)n2[C@@H]1c1ccccc1OC(C)C. The number of benzene rings is 2. The molecule has 0 fully saturated rings. The van der Waals surface area contributed by atoms with Gasteiger partial charge in [0.05, 0.1) is 42.8 Å². The van der Waals surface area contributed by atoms with Crippen LogP contribution < -0.4 is 24.4 Å². The number of para-hydroxylation sites is 1. The standard InChI is InChI=1S/C27H26I2N2O5S/c1-6-35-26(33)22-15(4)30-27-31(23(22)17-9-7-8-10-20(17)36-14(2)3)25(32)21(37-27)13-16-11-18(28)24(34-5)19(29)12-16/h7-14,23H,6H2,1-5H3/b21-13+/t23-/m1/s1. The second-order valence-corrected chi connectivity index (χ2v) is 11.9. The third-order valence-electron chi connectivity index (χ3n) is 5.62. The summed E-state index contributed by atoms with van der Waals surface area (Å²) in [5.41, 5.74) is 2.19. The summed E-state index contributed by atoms with van der Waals surface area (Å²) in [6.45, 7) is 7.62. The van der Waals surface area contributed by atoms with E-state index in [2.05, 4.69) is 50.2 Å². The summed E-state index contributed by atoms with van der Waals surface area (Å²) in [5, 5.41) is 0. The van der Waals surface area contributed by atoms with Crippen LogP contribution in [-0.4, -0.2) is 30.4 Å². The molecule has 0 saturated heterocycles. The van der Waals surface area contributed by atoms with E-state index in [1.807, 2.05) is 56.3 Å². The van der Waals surface area contributed by atoms with Crippen molar-refractivity contribution < 1.29 is 19.0 Å². The Hall–Kier alpha value is -2.19. The number of ether oxygens (including phenoxy) is 3. The highest BCUT2D eigenvalue weighted by Gasteiger charge is 2.35. The molecule has 0 unspecified atom stereocenters. The average Bonchev–Trinajstić information content (AvgIpc) is 3.12. The van der Waals surface area contributed by atoms with E-state index in [1.165, 1.54) is 11.3 Å². The molecule has 0 aliphatic carbocycles. The number of allylic oxidation sites excluding steroid dienone is 1. The summed E-state index contributed by atoms with van der Waals surface area (Å²) in [4.78, 5) is 32.2. The summed E-state index contributed by atoms with van der Waals surface area (Å²) in [7, 11) is 1.64. The maximum atomic E-state index is 13.9. The highest BCUT2D eigenvalue weighted by atomic mass is 127. The van der Waals surface area contributed by atoms with Crippen LogP contribution in [0.2, 0.25) is 0 Å². The molecule has 0 amide bonds. The fourth-order valence-corrected chi connectivity index (χ4v) is 7.47. The summed E-state index contributed by atoms with van der Waals surface area (Å²) >= 11 is 5.74. The molecule has 1 atom stereocenters. The number of thiazole rings is 1. The van der Waals surface area contributed by atoms with Crippen molar-refractivity contribution in [3.8, 4) is 11.5 Å². The largest absolute Gasteiger partial charge is 0.495 e. The highest BCUT2D eigenvalue weighted by Crippen LogP contribution is 2.36. The molecule has 1 aliphatic rings. The van der Waals surface area contributed by atoms with Gasteiger partial charge in [-0.2, -0.15) is 0 Å². The minimum Gasteiger partial charge on any atom is -0.495 e. The molecule has 37 heavy (non-hydrogen) atoms. The maximum Gasteiger partial charge on any atom is 0.338 e. The first kappa shape index (κ1) is 27.8. The molecule has 2 aromatic carbocycles. The van der Waals surface area contributed by atoms with Crippen LogP contribution in [0.5, 0.6) is 11.5 Å². The smallest absolute Gasteiger partial charge is 0.338 e. The number of nitrogens with zero attached hydrogens (tertiary/aromatic N) is 2. The molecule has 0 spiro atoms. The van der Waals surface area contributed by atoms with Gasteiger partial charge < -0.3 is 14.2 Å². The lowest BCUT2D eigenvalue weighted by Gasteiger charge is -2.26. The topological polar surface area (TPSA) is 79.1 Å². The van der Waals surface area contributed by atoms with Crippen LogP contribution >= 0.6 is 56.5 Å². The molecule has 1 aromatic heterocycles. The average molecular weight is 744 g/mol. The zero-order valence-corrected chi connectivity index (χ0v) is 26.1.